The number of hydrogen-bond donors (Lipinski definition) is 0. The van der Waals surface area contributed by atoms with Crippen molar-refractivity contribution in [3.63, 3.8) is 0 Å². The smallest absolute Gasteiger partial charge is 0.227 e. The van der Waals surface area contributed by atoms with Crippen LogP contribution in [0.3, 0.4) is 0 Å². The fourth-order valence-corrected chi connectivity index (χ4v) is 14.3. The van der Waals surface area contributed by atoms with Crippen LogP contribution < -0.4 is 0 Å². The number of benzene rings is 4. The van der Waals surface area contributed by atoms with Crippen molar-refractivity contribution in [2.24, 2.45) is 27.6 Å². The van der Waals surface area contributed by atoms with E-state index in [1.165, 1.54) is 6.07 Å². The zero-order chi connectivity index (χ0) is 56.9. The van der Waals surface area contributed by atoms with Gasteiger partial charge < -0.3 is 4.42 Å². The van der Waals surface area contributed by atoms with Gasteiger partial charge in [-0.1, -0.05) is 123 Å². The van der Waals surface area contributed by atoms with Gasteiger partial charge in [-0.15, -0.1) is 0 Å². The van der Waals surface area contributed by atoms with Crippen molar-refractivity contribution < 1.29 is 15.4 Å². The molecular formula is C69H70N4O. The van der Waals surface area contributed by atoms with Crippen LogP contribution in [0.4, 0.5) is 0 Å². The minimum atomic E-state index is -2.40. The largest absolute Gasteiger partial charge is 0.437 e. The Balaban J connectivity index is 0.879. The quantitative estimate of drug-likeness (QED) is 0.109. The minimum absolute atomic E-state index is 0.0428. The molecule has 9 aromatic rings. The van der Waals surface area contributed by atoms with Crippen LogP contribution in [0, 0.1) is 34.4 Å². The average molecular weight is 979 g/mol. The first-order valence-electron chi connectivity index (χ1n) is 31.1. The number of para-hydroxylation sites is 1. The van der Waals surface area contributed by atoms with E-state index in [0.29, 0.717) is 47.9 Å². The lowest BCUT2D eigenvalue weighted by Crippen LogP contribution is -2.57. The van der Waals surface area contributed by atoms with Crippen molar-refractivity contribution in [2.45, 2.75) is 129 Å². The van der Waals surface area contributed by atoms with Crippen molar-refractivity contribution in [1.82, 2.24) is 19.9 Å². The van der Waals surface area contributed by atoms with E-state index in [2.05, 4.69) is 67.4 Å². The maximum absolute atomic E-state index is 10.7. The van der Waals surface area contributed by atoms with E-state index in [1.807, 2.05) is 104 Å². The lowest BCUT2D eigenvalue weighted by Gasteiger charge is -2.67. The molecule has 4 aromatic carbocycles. The molecule has 5 saturated carbocycles. The third-order valence-electron chi connectivity index (χ3n) is 17.7. The molecule has 5 heteroatoms. The highest BCUT2D eigenvalue weighted by atomic mass is 16.3. The van der Waals surface area contributed by atoms with Gasteiger partial charge in [-0.3, -0.25) is 15.0 Å². The van der Waals surface area contributed by atoms with E-state index in [0.717, 1.165) is 113 Å². The van der Waals surface area contributed by atoms with Crippen LogP contribution in [0.1, 0.15) is 142 Å². The number of hydrogen-bond acceptors (Lipinski definition) is 5. The van der Waals surface area contributed by atoms with Crippen LogP contribution in [-0.4, -0.2) is 19.9 Å². The molecule has 0 amide bonds. The first-order chi connectivity index (χ1) is 39.1. The highest BCUT2D eigenvalue weighted by Crippen LogP contribution is 2.73. The summed E-state index contributed by atoms with van der Waals surface area (Å²) in [7, 11) is 0. The average Bonchev–Trinajstić information content (AvgIpc) is 0.990. The Morgan fingerprint density at radius 2 is 1.22 bits per heavy atom. The van der Waals surface area contributed by atoms with Gasteiger partial charge in [0.05, 0.1) is 17.1 Å². The van der Waals surface area contributed by atoms with E-state index in [4.69, 9.17) is 23.5 Å². The first-order valence-corrected chi connectivity index (χ1v) is 27.1. The van der Waals surface area contributed by atoms with Gasteiger partial charge in [0.2, 0.25) is 5.71 Å². The Morgan fingerprint density at radius 3 is 1.88 bits per heavy atom. The Bertz CT molecular complexity index is 3820. The third kappa shape index (κ3) is 9.30. The summed E-state index contributed by atoms with van der Waals surface area (Å²) in [5.41, 5.74) is 9.65. The number of pyridine rings is 4. The summed E-state index contributed by atoms with van der Waals surface area (Å²) in [6.07, 6.45) is 11.8. The molecule has 4 unspecified atom stereocenters. The van der Waals surface area contributed by atoms with Crippen molar-refractivity contribution in [1.29, 1.82) is 0 Å². The summed E-state index contributed by atoms with van der Waals surface area (Å²) < 4.78 is 82.1. The molecule has 372 valence electrons. The van der Waals surface area contributed by atoms with Crippen LogP contribution in [-0.2, 0) is 19.3 Å². The van der Waals surface area contributed by atoms with Crippen molar-refractivity contribution >= 4 is 22.1 Å². The molecule has 4 bridgehead atoms. The van der Waals surface area contributed by atoms with Crippen LogP contribution in [0.25, 0.3) is 67.0 Å². The van der Waals surface area contributed by atoms with Gasteiger partial charge in [-0.2, -0.15) is 0 Å². The zero-order valence-electron chi connectivity index (χ0n) is 50.8. The zero-order valence-corrected chi connectivity index (χ0v) is 42.8. The van der Waals surface area contributed by atoms with Gasteiger partial charge in [0.25, 0.3) is 0 Å². The van der Waals surface area contributed by atoms with Gasteiger partial charge in [0.1, 0.15) is 5.58 Å². The lowest BCUT2D eigenvalue weighted by molar-refractivity contribution is -0.166. The molecule has 0 N–H and O–H groups in total. The fourth-order valence-electron chi connectivity index (χ4n) is 14.3. The topological polar surface area (TPSA) is 64.7 Å². The van der Waals surface area contributed by atoms with E-state index >= 15 is 0 Å². The van der Waals surface area contributed by atoms with Gasteiger partial charge in [-0.25, -0.2) is 4.98 Å². The molecule has 14 rings (SSSR count). The van der Waals surface area contributed by atoms with Crippen molar-refractivity contribution in [2.75, 3.05) is 0 Å². The van der Waals surface area contributed by atoms with Crippen molar-refractivity contribution in [3.05, 3.63) is 192 Å². The molecule has 5 aliphatic rings. The molecule has 4 atom stereocenters. The molecule has 0 aliphatic heterocycles. The molecule has 0 saturated heterocycles. The summed E-state index contributed by atoms with van der Waals surface area (Å²) in [5, 5.41) is 1.48. The molecule has 74 heavy (non-hydrogen) atoms. The Hall–Kier alpha value is -6.72. The highest BCUT2D eigenvalue weighted by Gasteiger charge is 2.62. The SMILES string of the molecule is [2H]C([2H])([2H])c1ccc2c(n1)oc1c(-c3cc(-c4ccc(C5([2H])CCC(C)(C)CC5)cc4)c(CC([2H])([2H])C45CC6CC(CCc7ccc(-c8ccccc8)nc7)(CC(C([2H])([2H])Cc7ccc(-c8ccccc8)nc7)(C6)C4)C5)cn3)cccc12. The Labute approximate surface area is 449 Å². The van der Waals surface area contributed by atoms with Crippen LogP contribution in [0.2, 0.25) is 0 Å². The molecule has 5 aromatic heterocycles. The van der Waals surface area contributed by atoms with E-state index < -0.39 is 36.3 Å². The van der Waals surface area contributed by atoms with Crippen LogP contribution in [0.5, 0.6) is 0 Å². The Morgan fingerprint density at radius 1 is 0.581 bits per heavy atom. The second-order valence-corrected chi connectivity index (χ2v) is 23.5. The normalized spacial score (nSPS) is 25.8. The molecular weight excluding hydrogens is 901 g/mol. The summed E-state index contributed by atoms with van der Waals surface area (Å²) >= 11 is 0. The van der Waals surface area contributed by atoms with E-state index in [1.54, 1.807) is 6.07 Å². The standard InChI is InChI=1S/C69H70N4O/c1-47-17-24-58-57-15-10-16-59(64(57)74-65(58)73-47)63-37-60(53-22-20-51(21-23-53)52-29-32-66(2,3)33-30-52)56(43-72-63)31-36-69-40-50-38-67(45-69,34-27-48-18-25-61(70-41-48)54-11-6-4-7-12-54)44-68(39-50,46-69)35-28-49-19-26-62(71-42-49)55-13-8-5-9-14-55/h4-26,37,41-43,50,52H,27-36,38-40,44-46H2,1-3H3/i1D3,34D2,36D2,52D. The lowest BCUT2D eigenvalue weighted by atomic mass is 9.37. The molecule has 0 spiro atoms. The number of aryl methyl sites for hydroxylation is 4. The number of nitrogens with zero attached hydrogens (tertiary/aromatic N) is 4. The summed E-state index contributed by atoms with van der Waals surface area (Å²) in [6.45, 7) is 2.18. The first kappa shape index (κ1) is 38.8. The van der Waals surface area contributed by atoms with Crippen LogP contribution >= 0.6 is 0 Å². The molecule has 5 fully saturated rings. The summed E-state index contributed by atoms with van der Waals surface area (Å²) in [4.78, 5) is 19.3. The summed E-state index contributed by atoms with van der Waals surface area (Å²) in [6, 6.07) is 48.1. The predicted molar refractivity (Wildman–Crippen MR) is 303 cm³/mol. The number of rotatable bonds is 14. The second kappa shape index (κ2) is 18.9. The van der Waals surface area contributed by atoms with Gasteiger partial charge >= 0.3 is 0 Å². The van der Waals surface area contributed by atoms with E-state index in [-0.39, 0.29) is 41.0 Å². The Kier molecular flexibility index (Phi) is 9.90. The van der Waals surface area contributed by atoms with Gasteiger partial charge in [0, 0.05) is 62.7 Å². The molecule has 5 aliphatic carbocycles. The maximum Gasteiger partial charge on any atom is 0.227 e. The molecule has 0 radical (unpaired) electrons. The number of fused-ring (bicyclic) bond motifs is 3. The van der Waals surface area contributed by atoms with E-state index in [9.17, 15) is 6.85 Å². The molecule has 5 heterocycles. The second-order valence-electron chi connectivity index (χ2n) is 23.5. The number of aromatic nitrogens is 4. The monoisotopic (exact) mass is 979 g/mol. The predicted octanol–water partition coefficient (Wildman–Crippen LogP) is 18.0. The molecule has 5 nitrogen and oxygen atoms in total. The van der Waals surface area contributed by atoms with Gasteiger partial charge in [0.15, 0.2) is 0 Å². The summed E-state index contributed by atoms with van der Waals surface area (Å²) in [5.74, 6) is -0.537. The van der Waals surface area contributed by atoms with Crippen molar-refractivity contribution in [3.8, 4) is 44.9 Å². The van der Waals surface area contributed by atoms with Crippen LogP contribution in [0.15, 0.2) is 169 Å². The fraction of sp³-hybridized carbons (Fsp3) is 0.362. The highest BCUT2D eigenvalue weighted by molar-refractivity contribution is 6.08. The van der Waals surface area contributed by atoms with Gasteiger partial charge in [-0.05, 0) is 213 Å². The third-order valence-corrected chi connectivity index (χ3v) is 17.7. The number of furan rings is 1. The maximum atomic E-state index is 10.7. The minimum Gasteiger partial charge on any atom is -0.437 e.